The van der Waals surface area contributed by atoms with Crippen molar-refractivity contribution < 1.29 is 19.1 Å². The summed E-state index contributed by atoms with van der Waals surface area (Å²) in [5.74, 6) is -0.123. The van der Waals surface area contributed by atoms with Gasteiger partial charge in [0.1, 0.15) is 5.75 Å². The SMILES string of the molecule is CCOC(=O)c1ccc(OCC(=O)Nc2ccc(N(CC)C(C)C)cc2)cc1. The van der Waals surface area contributed by atoms with E-state index >= 15 is 0 Å². The summed E-state index contributed by atoms with van der Waals surface area (Å²) in [7, 11) is 0. The van der Waals surface area contributed by atoms with Gasteiger partial charge in [-0.25, -0.2) is 4.79 Å². The molecule has 2 aromatic rings. The first-order valence-electron chi connectivity index (χ1n) is 9.51. The summed E-state index contributed by atoms with van der Waals surface area (Å²) in [6.07, 6.45) is 0. The van der Waals surface area contributed by atoms with E-state index < -0.39 is 0 Å². The normalized spacial score (nSPS) is 10.5. The van der Waals surface area contributed by atoms with Crippen molar-refractivity contribution in [1.29, 1.82) is 0 Å². The molecule has 0 aromatic heterocycles. The molecule has 0 unspecified atom stereocenters. The molecule has 0 saturated heterocycles. The van der Waals surface area contributed by atoms with Gasteiger partial charge in [-0.1, -0.05) is 0 Å². The topological polar surface area (TPSA) is 67.9 Å². The average molecular weight is 384 g/mol. The van der Waals surface area contributed by atoms with Gasteiger partial charge in [0, 0.05) is 24.0 Å². The third-order valence-corrected chi connectivity index (χ3v) is 4.18. The van der Waals surface area contributed by atoms with Crippen molar-refractivity contribution in [2.45, 2.75) is 33.7 Å². The molecular weight excluding hydrogens is 356 g/mol. The zero-order valence-corrected chi connectivity index (χ0v) is 16.9. The lowest BCUT2D eigenvalue weighted by atomic mass is 10.2. The van der Waals surface area contributed by atoms with Crippen molar-refractivity contribution in [3.8, 4) is 5.75 Å². The largest absolute Gasteiger partial charge is 0.484 e. The summed E-state index contributed by atoms with van der Waals surface area (Å²) in [6, 6.07) is 14.7. The van der Waals surface area contributed by atoms with E-state index in [0.717, 1.165) is 17.9 Å². The van der Waals surface area contributed by atoms with Crippen LogP contribution in [0.3, 0.4) is 0 Å². The van der Waals surface area contributed by atoms with Crippen LogP contribution in [0.5, 0.6) is 5.75 Å². The van der Waals surface area contributed by atoms with Gasteiger partial charge in [0.15, 0.2) is 6.61 Å². The van der Waals surface area contributed by atoms with Crippen molar-refractivity contribution in [2.75, 3.05) is 30.0 Å². The van der Waals surface area contributed by atoms with Gasteiger partial charge in [-0.05, 0) is 76.2 Å². The first-order valence-corrected chi connectivity index (χ1v) is 9.51. The van der Waals surface area contributed by atoms with E-state index in [4.69, 9.17) is 9.47 Å². The van der Waals surface area contributed by atoms with E-state index in [1.54, 1.807) is 31.2 Å². The van der Waals surface area contributed by atoms with Crippen LogP contribution in [0.15, 0.2) is 48.5 Å². The zero-order chi connectivity index (χ0) is 20.5. The third kappa shape index (κ3) is 6.01. The number of rotatable bonds is 9. The van der Waals surface area contributed by atoms with Gasteiger partial charge >= 0.3 is 5.97 Å². The van der Waals surface area contributed by atoms with Crippen LogP contribution in [0.1, 0.15) is 38.1 Å². The van der Waals surface area contributed by atoms with Crippen LogP contribution in [-0.4, -0.2) is 37.7 Å². The summed E-state index contributed by atoms with van der Waals surface area (Å²) >= 11 is 0. The highest BCUT2D eigenvalue weighted by molar-refractivity contribution is 5.92. The molecule has 28 heavy (non-hydrogen) atoms. The highest BCUT2D eigenvalue weighted by Crippen LogP contribution is 2.20. The van der Waals surface area contributed by atoms with Crippen molar-refractivity contribution >= 4 is 23.3 Å². The number of hydrogen-bond acceptors (Lipinski definition) is 5. The van der Waals surface area contributed by atoms with Crippen LogP contribution in [0.25, 0.3) is 0 Å². The van der Waals surface area contributed by atoms with Crippen LogP contribution < -0.4 is 15.0 Å². The molecule has 2 rings (SSSR count). The van der Waals surface area contributed by atoms with Crippen molar-refractivity contribution in [3.63, 3.8) is 0 Å². The number of ether oxygens (including phenoxy) is 2. The molecule has 6 heteroatoms. The Kier molecular flexibility index (Phi) is 7.87. The Bertz CT molecular complexity index is 770. The van der Waals surface area contributed by atoms with E-state index in [1.165, 1.54) is 0 Å². The van der Waals surface area contributed by atoms with Gasteiger partial charge < -0.3 is 19.7 Å². The van der Waals surface area contributed by atoms with Gasteiger partial charge in [-0.15, -0.1) is 0 Å². The summed E-state index contributed by atoms with van der Waals surface area (Å²) < 4.78 is 10.4. The number of esters is 1. The lowest BCUT2D eigenvalue weighted by molar-refractivity contribution is -0.118. The van der Waals surface area contributed by atoms with Crippen molar-refractivity contribution in [3.05, 3.63) is 54.1 Å². The molecule has 0 aliphatic carbocycles. The summed E-state index contributed by atoms with van der Waals surface area (Å²) in [4.78, 5) is 26.0. The highest BCUT2D eigenvalue weighted by atomic mass is 16.5. The Morgan fingerprint density at radius 3 is 2.18 bits per heavy atom. The molecule has 0 bridgehead atoms. The number of benzene rings is 2. The van der Waals surface area contributed by atoms with Gasteiger partial charge in [0.2, 0.25) is 0 Å². The molecular formula is C22H28N2O4. The summed E-state index contributed by atoms with van der Waals surface area (Å²) in [6.45, 7) is 9.30. The number of hydrogen-bond donors (Lipinski definition) is 1. The van der Waals surface area contributed by atoms with Crippen LogP contribution in [0.4, 0.5) is 11.4 Å². The summed E-state index contributed by atoms with van der Waals surface area (Å²) in [5, 5.41) is 2.82. The smallest absolute Gasteiger partial charge is 0.338 e. The van der Waals surface area contributed by atoms with E-state index in [1.807, 2.05) is 24.3 Å². The van der Waals surface area contributed by atoms with Gasteiger partial charge in [0.05, 0.1) is 12.2 Å². The number of nitrogens with zero attached hydrogens (tertiary/aromatic N) is 1. The van der Waals surface area contributed by atoms with Crippen LogP contribution in [0, 0.1) is 0 Å². The van der Waals surface area contributed by atoms with Gasteiger partial charge in [-0.2, -0.15) is 0 Å². The molecule has 0 atom stereocenters. The number of nitrogens with one attached hydrogen (secondary N) is 1. The van der Waals surface area contributed by atoms with E-state index in [0.29, 0.717) is 24.0 Å². The molecule has 0 fully saturated rings. The van der Waals surface area contributed by atoms with E-state index in [-0.39, 0.29) is 18.5 Å². The molecule has 0 spiro atoms. The first kappa shape index (κ1) is 21.3. The predicted molar refractivity (Wildman–Crippen MR) is 111 cm³/mol. The van der Waals surface area contributed by atoms with Crippen molar-refractivity contribution in [2.24, 2.45) is 0 Å². The minimum atomic E-state index is -0.380. The number of anilines is 2. The fourth-order valence-electron chi connectivity index (χ4n) is 2.83. The van der Waals surface area contributed by atoms with Crippen LogP contribution in [0.2, 0.25) is 0 Å². The minimum absolute atomic E-state index is 0.117. The summed E-state index contributed by atoms with van der Waals surface area (Å²) in [5.41, 5.74) is 2.28. The Morgan fingerprint density at radius 2 is 1.64 bits per heavy atom. The first-order chi connectivity index (χ1) is 13.4. The maximum absolute atomic E-state index is 12.1. The van der Waals surface area contributed by atoms with E-state index in [9.17, 15) is 9.59 Å². The zero-order valence-electron chi connectivity index (χ0n) is 16.9. The fraction of sp³-hybridized carbons (Fsp3) is 0.364. The quantitative estimate of drug-likeness (QED) is 0.659. The Balaban J connectivity index is 1.86. The Morgan fingerprint density at radius 1 is 1.00 bits per heavy atom. The maximum atomic E-state index is 12.1. The number of amides is 1. The molecule has 6 nitrogen and oxygen atoms in total. The molecule has 0 aliphatic rings. The molecule has 0 heterocycles. The molecule has 2 aromatic carbocycles. The predicted octanol–water partition coefficient (Wildman–Crippen LogP) is 4.12. The second kappa shape index (κ2) is 10.3. The second-order valence-electron chi connectivity index (χ2n) is 6.51. The maximum Gasteiger partial charge on any atom is 0.338 e. The highest BCUT2D eigenvalue weighted by Gasteiger charge is 2.10. The lowest BCUT2D eigenvalue weighted by Crippen LogP contribution is -2.30. The monoisotopic (exact) mass is 384 g/mol. The number of carbonyl (C=O) groups is 2. The second-order valence-corrected chi connectivity index (χ2v) is 6.51. The third-order valence-electron chi connectivity index (χ3n) is 4.18. The van der Waals surface area contributed by atoms with Crippen LogP contribution in [-0.2, 0) is 9.53 Å². The number of carbonyl (C=O) groups excluding carboxylic acids is 2. The van der Waals surface area contributed by atoms with Gasteiger partial charge in [0.25, 0.3) is 5.91 Å². The molecule has 150 valence electrons. The molecule has 0 radical (unpaired) electrons. The fourth-order valence-corrected chi connectivity index (χ4v) is 2.83. The standard InChI is InChI=1S/C22H28N2O4/c1-5-24(16(3)4)19-11-9-18(10-12-19)23-21(25)15-28-20-13-7-17(8-14-20)22(26)27-6-2/h7-14,16H,5-6,15H2,1-4H3,(H,23,25). The minimum Gasteiger partial charge on any atom is -0.484 e. The Labute approximate surface area is 166 Å². The average Bonchev–Trinajstić information content (AvgIpc) is 2.68. The Hall–Kier alpha value is -3.02. The molecule has 1 N–H and O–H groups in total. The molecule has 0 aliphatic heterocycles. The van der Waals surface area contributed by atoms with Crippen LogP contribution >= 0.6 is 0 Å². The lowest BCUT2D eigenvalue weighted by Gasteiger charge is -2.27. The van der Waals surface area contributed by atoms with Gasteiger partial charge in [-0.3, -0.25) is 4.79 Å². The van der Waals surface area contributed by atoms with Crippen molar-refractivity contribution in [1.82, 2.24) is 0 Å². The molecule has 1 amide bonds. The molecule has 0 saturated carbocycles. The van der Waals surface area contributed by atoms with E-state index in [2.05, 4.69) is 31.0 Å².